The third-order valence-corrected chi connectivity index (χ3v) is 3.03. The van der Waals surface area contributed by atoms with Crippen molar-refractivity contribution in [3.63, 3.8) is 0 Å². The first-order valence-electron chi connectivity index (χ1n) is 6.48. The van der Waals surface area contributed by atoms with Crippen LogP contribution >= 0.6 is 0 Å². The van der Waals surface area contributed by atoms with Gasteiger partial charge in [-0.3, -0.25) is 4.79 Å². The van der Waals surface area contributed by atoms with Crippen LogP contribution in [-0.4, -0.2) is 19.5 Å². The number of hydrogen-bond donors (Lipinski definition) is 1. The van der Waals surface area contributed by atoms with Crippen molar-refractivity contribution in [1.82, 2.24) is 0 Å². The molecule has 0 heterocycles. The summed E-state index contributed by atoms with van der Waals surface area (Å²) in [6.07, 6.45) is 0.378. The van der Waals surface area contributed by atoms with Gasteiger partial charge in [-0.05, 0) is 36.4 Å². The van der Waals surface area contributed by atoms with Crippen LogP contribution in [0.1, 0.15) is 6.42 Å². The zero-order chi connectivity index (χ0) is 14.4. The fraction of sp³-hybridized carbons (Fsp3) is 0.188. The van der Waals surface area contributed by atoms with Crippen molar-refractivity contribution in [2.24, 2.45) is 0 Å². The van der Waals surface area contributed by atoms with Crippen LogP contribution in [0.3, 0.4) is 0 Å². The first-order valence-corrected chi connectivity index (χ1v) is 6.48. The molecule has 104 valence electrons. The van der Waals surface area contributed by atoms with Crippen molar-refractivity contribution in [2.75, 3.05) is 23.8 Å². The summed E-state index contributed by atoms with van der Waals surface area (Å²) in [5, 5.41) is 3.09. The SMILES string of the molecule is CN(C(=O)CCNc1ccc(F)cc1)c1ccccc1. The van der Waals surface area contributed by atoms with Crippen LogP contribution in [0.2, 0.25) is 0 Å². The number of halogens is 1. The van der Waals surface area contributed by atoms with Gasteiger partial charge in [0, 0.05) is 31.4 Å². The standard InChI is InChI=1S/C16H17FN2O/c1-19(15-5-3-2-4-6-15)16(20)11-12-18-14-9-7-13(17)8-10-14/h2-10,18H,11-12H2,1H3. The van der Waals surface area contributed by atoms with Gasteiger partial charge in [-0.15, -0.1) is 0 Å². The maximum atomic E-state index is 12.7. The molecule has 0 saturated carbocycles. The Morgan fingerprint density at radius 3 is 2.40 bits per heavy atom. The fourth-order valence-corrected chi connectivity index (χ4v) is 1.84. The number of para-hydroxylation sites is 1. The van der Waals surface area contributed by atoms with Crippen LogP contribution in [0.5, 0.6) is 0 Å². The smallest absolute Gasteiger partial charge is 0.228 e. The lowest BCUT2D eigenvalue weighted by Gasteiger charge is -2.17. The fourth-order valence-electron chi connectivity index (χ4n) is 1.84. The third-order valence-electron chi connectivity index (χ3n) is 3.03. The van der Waals surface area contributed by atoms with Crippen LogP contribution in [-0.2, 0) is 4.79 Å². The molecule has 3 nitrogen and oxygen atoms in total. The molecule has 0 saturated heterocycles. The Kier molecular flexibility index (Phi) is 4.71. The maximum absolute atomic E-state index is 12.7. The van der Waals surface area contributed by atoms with E-state index >= 15 is 0 Å². The van der Waals surface area contributed by atoms with E-state index in [9.17, 15) is 9.18 Å². The summed E-state index contributed by atoms with van der Waals surface area (Å²) in [5.74, 6) is -0.235. The third kappa shape index (κ3) is 3.82. The van der Waals surface area contributed by atoms with Crippen molar-refractivity contribution >= 4 is 17.3 Å². The molecule has 0 bridgehead atoms. The molecular weight excluding hydrogens is 255 g/mol. The van der Waals surface area contributed by atoms with Gasteiger partial charge in [0.05, 0.1) is 0 Å². The van der Waals surface area contributed by atoms with Gasteiger partial charge in [0.15, 0.2) is 0 Å². The molecule has 2 aromatic rings. The molecule has 0 fully saturated rings. The van der Waals surface area contributed by atoms with Gasteiger partial charge in [0.25, 0.3) is 0 Å². The number of rotatable bonds is 5. The van der Waals surface area contributed by atoms with E-state index in [1.54, 1.807) is 24.1 Å². The molecule has 0 atom stereocenters. The number of benzene rings is 2. The van der Waals surface area contributed by atoms with E-state index in [4.69, 9.17) is 0 Å². The lowest BCUT2D eigenvalue weighted by molar-refractivity contribution is -0.118. The number of anilines is 2. The van der Waals surface area contributed by atoms with Gasteiger partial charge >= 0.3 is 0 Å². The second kappa shape index (κ2) is 6.70. The highest BCUT2D eigenvalue weighted by molar-refractivity contribution is 5.92. The summed E-state index contributed by atoms with van der Waals surface area (Å²) >= 11 is 0. The molecular formula is C16H17FN2O. The summed E-state index contributed by atoms with van der Waals surface area (Å²) in [7, 11) is 1.76. The van der Waals surface area contributed by atoms with E-state index < -0.39 is 0 Å². The van der Waals surface area contributed by atoms with Gasteiger partial charge in [0.1, 0.15) is 5.82 Å². The minimum atomic E-state index is -0.268. The second-order valence-electron chi connectivity index (χ2n) is 4.47. The minimum Gasteiger partial charge on any atom is -0.385 e. The molecule has 0 unspecified atom stereocenters. The van der Waals surface area contributed by atoms with Gasteiger partial charge in [-0.2, -0.15) is 0 Å². The predicted octanol–water partition coefficient (Wildman–Crippen LogP) is 3.29. The van der Waals surface area contributed by atoms with E-state index in [1.165, 1.54) is 12.1 Å². The Morgan fingerprint density at radius 1 is 1.10 bits per heavy atom. The van der Waals surface area contributed by atoms with Crippen LogP contribution in [0.4, 0.5) is 15.8 Å². The largest absolute Gasteiger partial charge is 0.385 e. The van der Waals surface area contributed by atoms with Crippen molar-refractivity contribution in [3.05, 3.63) is 60.4 Å². The Morgan fingerprint density at radius 2 is 1.75 bits per heavy atom. The zero-order valence-corrected chi connectivity index (χ0v) is 11.3. The predicted molar refractivity (Wildman–Crippen MR) is 79.4 cm³/mol. The summed E-state index contributed by atoms with van der Waals surface area (Å²) in [6, 6.07) is 15.6. The Labute approximate surface area is 118 Å². The van der Waals surface area contributed by atoms with Crippen LogP contribution in [0.15, 0.2) is 54.6 Å². The topological polar surface area (TPSA) is 32.3 Å². The highest BCUT2D eigenvalue weighted by atomic mass is 19.1. The molecule has 0 aliphatic rings. The Balaban J connectivity index is 1.82. The van der Waals surface area contributed by atoms with Gasteiger partial charge in [0.2, 0.25) is 5.91 Å². The number of carbonyl (C=O) groups is 1. The van der Waals surface area contributed by atoms with E-state index in [2.05, 4.69) is 5.32 Å². The van der Waals surface area contributed by atoms with Crippen molar-refractivity contribution < 1.29 is 9.18 Å². The van der Waals surface area contributed by atoms with Crippen molar-refractivity contribution in [1.29, 1.82) is 0 Å². The highest BCUT2D eigenvalue weighted by Gasteiger charge is 2.09. The molecule has 20 heavy (non-hydrogen) atoms. The maximum Gasteiger partial charge on any atom is 0.228 e. The van der Waals surface area contributed by atoms with Crippen LogP contribution in [0.25, 0.3) is 0 Å². The average Bonchev–Trinajstić information content (AvgIpc) is 2.49. The molecule has 0 aliphatic heterocycles. The second-order valence-corrected chi connectivity index (χ2v) is 4.47. The van der Waals surface area contributed by atoms with E-state index in [0.29, 0.717) is 13.0 Å². The number of nitrogens with zero attached hydrogens (tertiary/aromatic N) is 1. The van der Waals surface area contributed by atoms with Crippen molar-refractivity contribution in [3.8, 4) is 0 Å². The number of nitrogens with one attached hydrogen (secondary N) is 1. The molecule has 0 aromatic heterocycles. The summed E-state index contributed by atoms with van der Waals surface area (Å²) in [6.45, 7) is 0.516. The van der Waals surface area contributed by atoms with Gasteiger partial charge in [-0.25, -0.2) is 4.39 Å². The van der Waals surface area contributed by atoms with Crippen molar-refractivity contribution in [2.45, 2.75) is 6.42 Å². The average molecular weight is 272 g/mol. The molecule has 0 spiro atoms. The highest BCUT2D eigenvalue weighted by Crippen LogP contribution is 2.12. The van der Waals surface area contributed by atoms with E-state index in [0.717, 1.165) is 11.4 Å². The molecule has 2 rings (SSSR count). The lowest BCUT2D eigenvalue weighted by Crippen LogP contribution is -2.27. The Hall–Kier alpha value is -2.36. The molecule has 4 heteroatoms. The summed E-state index contributed by atoms with van der Waals surface area (Å²) in [5.41, 5.74) is 1.68. The van der Waals surface area contributed by atoms with Crippen LogP contribution in [0, 0.1) is 5.82 Å². The van der Waals surface area contributed by atoms with E-state index in [-0.39, 0.29) is 11.7 Å². The molecule has 1 N–H and O–H groups in total. The lowest BCUT2D eigenvalue weighted by atomic mass is 10.2. The minimum absolute atomic E-state index is 0.0332. The molecule has 0 aliphatic carbocycles. The monoisotopic (exact) mass is 272 g/mol. The quantitative estimate of drug-likeness (QED) is 0.905. The summed E-state index contributed by atoms with van der Waals surface area (Å²) < 4.78 is 12.7. The van der Waals surface area contributed by atoms with E-state index in [1.807, 2.05) is 30.3 Å². The van der Waals surface area contributed by atoms with Crippen LogP contribution < -0.4 is 10.2 Å². The first kappa shape index (κ1) is 14.1. The Bertz CT molecular complexity index is 554. The number of carbonyl (C=O) groups excluding carboxylic acids is 1. The number of hydrogen-bond acceptors (Lipinski definition) is 2. The first-order chi connectivity index (χ1) is 9.66. The molecule has 1 amide bonds. The van der Waals surface area contributed by atoms with Gasteiger partial charge < -0.3 is 10.2 Å². The molecule has 2 aromatic carbocycles. The van der Waals surface area contributed by atoms with Gasteiger partial charge in [-0.1, -0.05) is 18.2 Å². The molecule has 0 radical (unpaired) electrons. The number of amides is 1. The normalized spacial score (nSPS) is 10.1. The summed E-state index contributed by atoms with van der Waals surface area (Å²) in [4.78, 5) is 13.6. The zero-order valence-electron chi connectivity index (χ0n) is 11.3.